The van der Waals surface area contributed by atoms with Gasteiger partial charge >= 0.3 is 6.09 Å². The van der Waals surface area contributed by atoms with Gasteiger partial charge in [-0.15, -0.1) is 0 Å². The van der Waals surface area contributed by atoms with E-state index >= 15 is 0 Å². The van der Waals surface area contributed by atoms with Crippen molar-refractivity contribution in [2.24, 2.45) is 0 Å². The van der Waals surface area contributed by atoms with Gasteiger partial charge in [-0.25, -0.2) is 4.79 Å². The predicted octanol–water partition coefficient (Wildman–Crippen LogP) is 3.80. The number of hydrogen-bond donors (Lipinski definition) is 2. The lowest BCUT2D eigenvalue weighted by Crippen LogP contribution is -2.33. The number of nitro groups is 1. The van der Waals surface area contributed by atoms with Crippen molar-refractivity contribution in [1.29, 1.82) is 0 Å². The first-order valence-electron chi connectivity index (χ1n) is 8.15. The molecule has 0 spiro atoms. The van der Waals surface area contributed by atoms with Gasteiger partial charge in [0.25, 0.3) is 5.69 Å². The second-order valence-electron chi connectivity index (χ2n) is 6.74. The number of rotatable bonds is 6. The third-order valence-corrected chi connectivity index (χ3v) is 3.40. The number of aliphatic hydroxyl groups is 1. The van der Waals surface area contributed by atoms with Crippen LogP contribution in [0.5, 0.6) is 0 Å². The number of nitrogens with zero attached hydrogens (tertiary/aromatic N) is 1. The first kappa shape index (κ1) is 19.5. The fraction of sp³-hybridized carbons (Fsp3) is 0.389. The molecule has 8 nitrogen and oxygen atoms in total. The maximum Gasteiger partial charge on any atom is 0.407 e. The summed E-state index contributed by atoms with van der Waals surface area (Å²) in [6.45, 7) is 5.53. The van der Waals surface area contributed by atoms with Gasteiger partial charge in [-0.05, 0) is 51.5 Å². The molecule has 1 heterocycles. The van der Waals surface area contributed by atoms with Crippen molar-refractivity contribution in [2.75, 3.05) is 6.54 Å². The Hall–Kier alpha value is -2.87. The number of nitrogens with one attached hydrogen (secondary N) is 1. The monoisotopic (exact) mass is 362 g/mol. The van der Waals surface area contributed by atoms with Crippen molar-refractivity contribution in [1.82, 2.24) is 5.32 Å². The van der Waals surface area contributed by atoms with Crippen LogP contribution in [0.1, 0.15) is 39.1 Å². The molecule has 0 aliphatic carbocycles. The van der Waals surface area contributed by atoms with Crippen LogP contribution in [0.15, 0.2) is 40.8 Å². The topological polar surface area (TPSA) is 115 Å². The van der Waals surface area contributed by atoms with E-state index in [0.717, 1.165) is 0 Å². The highest BCUT2D eigenvalue weighted by molar-refractivity contribution is 5.67. The quantitative estimate of drug-likeness (QED) is 0.596. The third-order valence-electron chi connectivity index (χ3n) is 3.40. The summed E-state index contributed by atoms with van der Waals surface area (Å²) in [7, 11) is 0. The smallest absolute Gasteiger partial charge is 0.407 e. The van der Waals surface area contributed by atoms with Gasteiger partial charge in [-0.2, -0.15) is 0 Å². The normalized spacial score (nSPS) is 12.5. The van der Waals surface area contributed by atoms with Crippen LogP contribution in [-0.2, 0) is 4.74 Å². The average molecular weight is 362 g/mol. The van der Waals surface area contributed by atoms with Crippen molar-refractivity contribution in [3.8, 4) is 11.3 Å². The minimum absolute atomic E-state index is 0.00576. The van der Waals surface area contributed by atoms with E-state index in [1.54, 1.807) is 45.0 Å². The van der Waals surface area contributed by atoms with Crippen LogP contribution in [0.4, 0.5) is 10.5 Å². The number of furan rings is 1. The minimum atomic E-state index is -0.892. The van der Waals surface area contributed by atoms with Crippen LogP contribution in [-0.4, -0.2) is 28.3 Å². The lowest BCUT2D eigenvalue weighted by Gasteiger charge is -2.19. The fourth-order valence-electron chi connectivity index (χ4n) is 2.20. The van der Waals surface area contributed by atoms with E-state index in [0.29, 0.717) is 17.1 Å². The van der Waals surface area contributed by atoms with Crippen LogP contribution >= 0.6 is 0 Å². The van der Waals surface area contributed by atoms with Crippen molar-refractivity contribution >= 4 is 11.8 Å². The zero-order chi connectivity index (χ0) is 19.3. The summed E-state index contributed by atoms with van der Waals surface area (Å²) in [5.74, 6) is 0.846. The van der Waals surface area contributed by atoms with E-state index < -0.39 is 22.7 Å². The van der Waals surface area contributed by atoms with Gasteiger partial charge in [0, 0.05) is 24.2 Å². The summed E-state index contributed by atoms with van der Waals surface area (Å²) >= 11 is 0. The molecule has 2 rings (SSSR count). The summed E-state index contributed by atoms with van der Waals surface area (Å²) < 4.78 is 10.7. The second-order valence-corrected chi connectivity index (χ2v) is 6.74. The van der Waals surface area contributed by atoms with Crippen LogP contribution in [0, 0.1) is 10.1 Å². The third kappa shape index (κ3) is 5.59. The summed E-state index contributed by atoms with van der Waals surface area (Å²) in [6.07, 6.45) is -1.18. The first-order valence-corrected chi connectivity index (χ1v) is 8.15. The highest BCUT2D eigenvalue weighted by Crippen LogP contribution is 2.27. The molecule has 0 saturated heterocycles. The molecular formula is C18H22N2O6. The number of carbonyl (C=O) groups is 1. The molecule has 0 radical (unpaired) electrons. The average Bonchev–Trinajstić information content (AvgIpc) is 3.03. The lowest BCUT2D eigenvalue weighted by molar-refractivity contribution is -0.384. The zero-order valence-corrected chi connectivity index (χ0v) is 14.9. The predicted molar refractivity (Wildman–Crippen MR) is 94.6 cm³/mol. The van der Waals surface area contributed by atoms with Crippen LogP contribution in [0.3, 0.4) is 0 Å². The number of ether oxygens (including phenoxy) is 1. The molecule has 140 valence electrons. The van der Waals surface area contributed by atoms with E-state index in [1.165, 1.54) is 12.1 Å². The minimum Gasteiger partial charge on any atom is -0.458 e. The molecule has 26 heavy (non-hydrogen) atoms. The highest BCUT2D eigenvalue weighted by Gasteiger charge is 2.17. The number of hydrogen-bond acceptors (Lipinski definition) is 6. The molecule has 0 saturated carbocycles. The number of alkyl carbamates (subject to hydrolysis) is 1. The molecular weight excluding hydrogens is 340 g/mol. The summed E-state index contributed by atoms with van der Waals surface area (Å²) in [5.41, 5.74) is 0.0818. The van der Waals surface area contributed by atoms with Gasteiger partial charge in [0.1, 0.15) is 23.2 Å². The molecule has 2 aromatic rings. The molecule has 0 aliphatic rings. The number of non-ortho nitro benzene ring substituents is 1. The van der Waals surface area contributed by atoms with Crippen LogP contribution < -0.4 is 5.32 Å². The molecule has 0 fully saturated rings. The molecule has 0 aliphatic heterocycles. The van der Waals surface area contributed by atoms with Gasteiger partial charge in [0.2, 0.25) is 0 Å². The second kappa shape index (κ2) is 8.01. The highest BCUT2D eigenvalue weighted by atomic mass is 16.6. The van der Waals surface area contributed by atoms with E-state index in [4.69, 9.17) is 9.15 Å². The number of carbonyl (C=O) groups excluding carboxylic acids is 1. The standard InChI is InChI=1S/C18H22N2O6/c1-18(2,3)26-17(22)19-11-10-14(21)16-9-8-15(25-16)12-4-6-13(7-5-12)20(23)24/h4-9,14,21H,10-11H2,1-3H3,(H,19,22)/t14-/m0/s1. The van der Waals surface area contributed by atoms with Crippen molar-refractivity contribution in [2.45, 2.75) is 38.9 Å². The Bertz CT molecular complexity index is 761. The molecule has 0 bridgehead atoms. The van der Waals surface area contributed by atoms with Gasteiger partial charge in [0.05, 0.1) is 4.92 Å². The number of nitro benzene ring substituents is 1. The Morgan fingerprint density at radius 1 is 1.27 bits per heavy atom. The zero-order valence-electron chi connectivity index (χ0n) is 14.9. The van der Waals surface area contributed by atoms with E-state index in [2.05, 4.69) is 5.32 Å². The molecule has 1 aromatic heterocycles. The van der Waals surface area contributed by atoms with E-state index in [1.807, 2.05) is 0 Å². The summed E-state index contributed by atoms with van der Waals surface area (Å²) in [6, 6.07) is 9.25. The number of aliphatic hydroxyl groups excluding tert-OH is 1. The van der Waals surface area contributed by atoms with Gasteiger partial charge < -0.3 is 19.6 Å². The number of amides is 1. The van der Waals surface area contributed by atoms with Crippen molar-refractivity contribution in [3.05, 3.63) is 52.3 Å². The molecule has 1 amide bonds. The van der Waals surface area contributed by atoms with Gasteiger partial charge in [-0.3, -0.25) is 10.1 Å². The molecule has 2 N–H and O–H groups in total. The first-order chi connectivity index (χ1) is 12.2. The van der Waals surface area contributed by atoms with Crippen molar-refractivity contribution < 1.29 is 24.0 Å². The summed E-state index contributed by atoms with van der Waals surface area (Å²) in [4.78, 5) is 21.8. The van der Waals surface area contributed by atoms with E-state index in [9.17, 15) is 20.0 Å². The Balaban J connectivity index is 1.90. The summed E-state index contributed by atoms with van der Waals surface area (Å²) in [5, 5.41) is 23.4. The van der Waals surface area contributed by atoms with Crippen LogP contribution in [0.2, 0.25) is 0 Å². The molecule has 0 unspecified atom stereocenters. The maximum atomic E-state index is 11.6. The van der Waals surface area contributed by atoms with Gasteiger partial charge in [0.15, 0.2) is 0 Å². The Morgan fingerprint density at radius 3 is 2.50 bits per heavy atom. The number of benzene rings is 1. The lowest BCUT2D eigenvalue weighted by atomic mass is 10.1. The van der Waals surface area contributed by atoms with E-state index in [-0.39, 0.29) is 18.7 Å². The molecule has 1 atom stereocenters. The Labute approximate surface area is 150 Å². The molecule has 8 heteroatoms. The largest absolute Gasteiger partial charge is 0.458 e. The Kier molecular flexibility index (Phi) is 5.99. The fourth-order valence-corrected chi connectivity index (χ4v) is 2.20. The van der Waals surface area contributed by atoms with Crippen LogP contribution in [0.25, 0.3) is 11.3 Å². The Morgan fingerprint density at radius 2 is 1.92 bits per heavy atom. The molecule has 1 aromatic carbocycles. The van der Waals surface area contributed by atoms with Gasteiger partial charge in [-0.1, -0.05) is 0 Å². The van der Waals surface area contributed by atoms with Crippen molar-refractivity contribution in [3.63, 3.8) is 0 Å². The maximum absolute atomic E-state index is 11.6. The SMILES string of the molecule is CC(C)(C)OC(=O)NCC[C@H](O)c1ccc(-c2ccc([N+](=O)[O-])cc2)o1.